The quantitative estimate of drug-likeness (QED) is 0.837. The number of hydrogen-bond donors (Lipinski definition) is 1. The van der Waals surface area contributed by atoms with Gasteiger partial charge >= 0.3 is 7.12 Å². The molecule has 2 bridgehead atoms. The molecule has 0 aromatic heterocycles. The van der Waals surface area contributed by atoms with Crippen molar-refractivity contribution in [1.82, 2.24) is 0 Å². The van der Waals surface area contributed by atoms with Crippen molar-refractivity contribution < 1.29 is 14.1 Å². The van der Waals surface area contributed by atoms with Gasteiger partial charge in [0.2, 0.25) is 5.91 Å². The van der Waals surface area contributed by atoms with E-state index in [1.807, 2.05) is 18.2 Å². The summed E-state index contributed by atoms with van der Waals surface area (Å²) < 4.78 is 12.9. The molecular weight excluding hydrogens is 313 g/mol. The van der Waals surface area contributed by atoms with Crippen molar-refractivity contribution in [3.05, 3.63) is 35.9 Å². The first-order valence-electron chi connectivity index (χ1n) is 9.46. The van der Waals surface area contributed by atoms with Gasteiger partial charge in [0.05, 0.1) is 11.7 Å². The van der Waals surface area contributed by atoms with Crippen LogP contribution in [0.25, 0.3) is 0 Å². The number of hydrogen-bond acceptors (Lipinski definition) is 3. The summed E-state index contributed by atoms with van der Waals surface area (Å²) in [6.45, 7) is 6.92. The number of amides is 1. The SMILES string of the molecule is CC1(C)[C@@H]2C[C@H]3OB([C@@H](CC(N)=O)Cc4ccccc4)O[C@@]3(C)[C@H]1C2. The van der Waals surface area contributed by atoms with Crippen LogP contribution in [0, 0.1) is 17.3 Å². The lowest BCUT2D eigenvalue weighted by Gasteiger charge is -2.64. The zero-order chi connectivity index (χ0) is 17.8. The van der Waals surface area contributed by atoms with Gasteiger partial charge in [0.15, 0.2) is 0 Å². The second kappa shape index (κ2) is 5.85. The molecule has 25 heavy (non-hydrogen) atoms. The maximum Gasteiger partial charge on any atom is 0.461 e. The summed E-state index contributed by atoms with van der Waals surface area (Å²) in [6.07, 6.45) is 3.47. The standard InChI is InChI=1S/C20H28BNO3/c1-19(2)14-10-16(19)20(3)17(11-14)24-21(25-20)15(12-18(22)23)9-13-7-5-4-6-8-13/h4-8,14-17H,9-12H2,1-3H3,(H2,22,23)/t14-,15+,16-,17+,20-/m0/s1. The molecule has 4 fully saturated rings. The summed E-state index contributed by atoms with van der Waals surface area (Å²) in [5, 5.41) is 0. The minimum Gasteiger partial charge on any atom is -0.405 e. The molecule has 1 aliphatic heterocycles. The maximum atomic E-state index is 11.6. The van der Waals surface area contributed by atoms with E-state index in [0.29, 0.717) is 17.8 Å². The lowest BCUT2D eigenvalue weighted by atomic mass is 9.43. The fraction of sp³-hybridized carbons (Fsp3) is 0.650. The fourth-order valence-electron chi connectivity index (χ4n) is 5.54. The largest absolute Gasteiger partial charge is 0.461 e. The summed E-state index contributed by atoms with van der Waals surface area (Å²) in [5.41, 5.74) is 6.79. The predicted molar refractivity (Wildman–Crippen MR) is 97.8 cm³/mol. The second-order valence-corrected chi connectivity index (χ2v) is 8.96. The first-order chi connectivity index (χ1) is 11.8. The summed E-state index contributed by atoms with van der Waals surface area (Å²) in [4.78, 5) is 11.6. The molecule has 2 N–H and O–H groups in total. The summed E-state index contributed by atoms with van der Waals surface area (Å²) >= 11 is 0. The molecule has 1 heterocycles. The number of carbonyl (C=O) groups excluding carboxylic acids is 1. The normalized spacial score (nSPS) is 36.4. The molecule has 3 aliphatic carbocycles. The number of benzene rings is 1. The van der Waals surface area contributed by atoms with E-state index in [-0.39, 0.29) is 30.5 Å². The number of carbonyl (C=O) groups is 1. The van der Waals surface area contributed by atoms with Gasteiger partial charge in [-0.2, -0.15) is 0 Å². The lowest BCUT2D eigenvalue weighted by molar-refractivity contribution is -0.199. The van der Waals surface area contributed by atoms with Crippen molar-refractivity contribution in [2.24, 2.45) is 23.0 Å². The fourth-order valence-corrected chi connectivity index (χ4v) is 5.54. The first-order valence-corrected chi connectivity index (χ1v) is 9.46. The summed E-state index contributed by atoms with van der Waals surface area (Å²) in [6, 6.07) is 10.2. The van der Waals surface area contributed by atoms with Crippen LogP contribution < -0.4 is 5.73 Å². The molecule has 5 atom stereocenters. The van der Waals surface area contributed by atoms with E-state index >= 15 is 0 Å². The molecule has 1 aromatic carbocycles. The highest BCUT2D eigenvalue weighted by Gasteiger charge is 2.68. The topological polar surface area (TPSA) is 61.5 Å². The highest BCUT2D eigenvalue weighted by Crippen LogP contribution is 2.66. The minimum atomic E-state index is -0.349. The maximum absolute atomic E-state index is 11.6. The number of nitrogens with two attached hydrogens (primary N) is 1. The Kier molecular flexibility index (Phi) is 4.00. The van der Waals surface area contributed by atoms with E-state index in [1.165, 1.54) is 12.0 Å². The molecule has 0 unspecified atom stereocenters. The highest BCUT2D eigenvalue weighted by molar-refractivity contribution is 6.47. The van der Waals surface area contributed by atoms with Crippen molar-refractivity contribution in [1.29, 1.82) is 0 Å². The van der Waals surface area contributed by atoms with Crippen LogP contribution in [-0.4, -0.2) is 24.7 Å². The van der Waals surface area contributed by atoms with Crippen molar-refractivity contribution in [2.75, 3.05) is 0 Å². The number of rotatable bonds is 5. The van der Waals surface area contributed by atoms with Gasteiger partial charge in [-0.05, 0) is 49.0 Å². The van der Waals surface area contributed by atoms with Crippen LogP contribution in [0.5, 0.6) is 0 Å². The van der Waals surface area contributed by atoms with Gasteiger partial charge in [-0.25, -0.2) is 0 Å². The van der Waals surface area contributed by atoms with E-state index in [0.717, 1.165) is 18.8 Å². The molecule has 0 spiro atoms. The van der Waals surface area contributed by atoms with Crippen molar-refractivity contribution in [2.45, 2.75) is 64.0 Å². The van der Waals surface area contributed by atoms with Crippen LogP contribution in [0.15, 0.2) is 30.3 Å². The van der Waals surface area contributed by atoms with Gasteiger partial charge in [0, 0.05) is 12.2 Å². The van der Waals surface area contributed by atoms with Gasteiger partial charge < -0.3 is 15.0 Å². The summed E-state index contributed by atoms with van der Waals surface area (Å²) in [5.74, 6) is 0.918. The third-order valence-electron chi connectivity index (χ3n) is 7.16. The van der Waals surface area contributed by atoms with Gasteiger partial charge in [0.25, 0.3) is 0 Å². The Balaban J connectivity index is 1.54. The molecule has 5 heteroatoms. The van der Waals surface area contributed by atoms with Gasteiger partial charge in [-0.3, -0.25) is 4.79 Å². The molecule has 4 aliphatic rings. The highest BCUT2D eigenvalue weighted by atomic mass is 16.7. The molecule has 0 radical (unpaired) electrons. The third-order valence-corrected chi connectivity index (χ3v) is 7.16. The molecule has 4 nitrogen and oxygen atoms in total. The molecule has 134 valence electrons. The average molecular weight is 341 g/mol. The molecular formula is C20H28BNO3. The van der Waals surface area contributed by atoms with Crippen LogP contribution in [0.1, 0.15) is 45.6 Å². The Bertz CT molecular complexity index is 664. The van der Waals surface area contributed by atoms with Crippen LogP contribution in [0.4, 0.5) is 0 Å². The predicted octanol–water partition coefficient (Wildman–Crippen LogP) is 3.20. The summed E-state index contributed by atoms with van der Waals surface area (Å²) in [7, 11) is -0.349. The molecule has 1 saturated heterocycles. The molecule has 5 rings (SSSR count). The van der Waals surface area contributed by atoms with Crippen molar-refractivity contribution in [3.8, 4) is 0 Å². The zero-order valence-electron chi connectivity index (χ0n) is 15.4. The molecule has 3 saturated carbocycles. The lowest BCUT2D eigenvalue weighted by Crippen LogP contribution is -2.65. The van der Waals surface area contributed by atoms with Crippen molar-refractivity contribution >= 4 is 13.0 Å². The average Bonchev–Trinajstić information content (AvgIpc) is 2.91. The van der Waals surface area contributed by atoms with E-state index in [4.69, 9.17) is 15.0 Å². The van der Waals surface area contributed by atoms with Gasteiger partial charge in [-0.15, -0.1) is 0 Å². The molecule has 1 amide bonds. The Labute approximate surface area is 150 Å². The van der Waals surface area contributed by atoms with Crippen LogP contribution in [0.3, 0.4) is 0 Å². The Hall–Kier alpha value is -1.33. The van der Waals surface area contributed by atoms with E-state index in [2.05, 4.69) is 32.9 Å². The third kappa shape index (κ3) is 2.72. The van der Waals surface area contributed by atoms with E-state index < -0.39 is 0 Å². The van der Waals surface area contributed by atoms with E-state index in [9.17, 15) is 4.79 Å². The van der Waals surface area contributed by atoms with Crippen molar-refractivity contribution in [3.63, 3.8) is 0 Å². The van der Waals surface area contributed by atoms with Crippen LogP contribution >= 0.6 is 0 Å². The zero-order valence-corrected chi connectivity index (χ0v) is 15.4. The monoisotopic (exact) mass is 341 g/mol. The minimum absolute atomic E-state index is 0.0392. The van der Waals surface area contributed by atoms with Crippen LogP contribution in [0.2, 0.25) is 5.82 Å². The first kappa shape index (κ1) is 17.1. The Morgan fingerprint density at radius 1 is 1.28 bits per heavy atom. The smallest absolute Gasteiger partial charge is 0.405 e. The number of primary amides is 1. The second-order valence-electron chi connectivity index (χ2n) is 8.96. The van der Waals surface area contributed by atoms with Crippen LogP contribution in [-0.2, 0) is 20.5 Å². The van der Waals surface area contributed by atoms with E-state index in [1.54, 1.807) is 0 Å². The Morgan fingerprint density at radius 2 is 2.00 bits per heavy atom. The Morgan fingerprint density at radius 3 is 2.64 bits per heavy atom. The van der Waals surface area contributed by atoms with Gasteiger partial charge in [-0.1, -0.05) is 44.2 Å². The van der Waals surface area contributed by atoms with Gasteiger partial charge in [0.1, 0.15) is 0 Å². The molecule has 1 aromatic rings.